The second kappa shape index (κ2) is 6.81. The van der Waals surface area contributed by atoms with Crippen molar-refractivity contribution >= 4 is 50.8 Å². The second-order valence-corrected chi connectivity index (χ2v) is 12.7. The Morgan fingerprint density at radius 1 is 0.576 bits per heavy atom. The molecule has 0 amide bonds. The van der Waals surface area contributed by atoms with E-state index in [1.807, 2.05) is 0 Å². The maximum absolute atomic E-state index is 6.59. The second-order valence-electron chi connectivity index (χ2n) is 8.99. The number of furan rings is 1. The first-order valence-corrected chi connectivity index (χ1v) is 13.5. The smallest absolute Gasteiger partial charge is 0.181 e. The van der Waals surface area contributed by atoms with E-state index in [0.29, 0.717) is 0 Å². The monoisotopic (exact) mass is 438 g/mol. The highest BCUT2D eigenvalue weighted by Gasteiger charge is 2.49. The summed E-state index contributed by atoms with van der Waals surface area (Å²) in [7, 11) is -2.46. The molecule has 0 spiro atoms. The van der Waals surface area contributed by atoms with Crippen LogP contribution in [0.25, 0.3) is 33.1 Å². The molecule has 0 saturated carbocycles. The van der Waals surface area contributed by atoms with Crippen LogP contribution in [0.4, 0.5) is 0 Å². The number of rotatable bonds is 2. The average Bonchev–Trinajstić information content (AvgIpc) is 3.38. The van der Waals surface area contributed by atoms with Gasteiger partial charge in [-0.1, -0.05) is 109 Å². The molecule has 156 valence electrons. The van der Waals surface area contributed by atoms with E-state index < -0.39 is 8.07 Å². The Hall–Kier alpha value is -3.88. The van der Waals surface area contributed by atoms with E-state index in [-0.39, 0.29) is 0 Å². The summed E-state index contributed by atoms with van der Waals surface area (Å²) in [5.74, 6) is 0. The van der Waals surface area contributed by atoms with Crippen LogP contribution in [-0.4, -0.2) is 8.07 Å². The normalized spacial score (nSPS) is 13.8. The van der Waals surface area contributed by atoms with Gasteiger partial charge >= 0.3 is 0 Å². The van der Waals surface area contributed by atoms with E-state index in [1.165, 1.54) is 48.2 Å². The summed E-state index contributed by atoms with van der Waals surface area (Å²) >= 11 is 0. The molecule has 2 heterocycles. The van der Waals surface area contributed by atoms with Crippen LogP contribution >= 0.6 is 0 Å². The van der Waals surface area contributed by atoms with Crippen molar-refractivity contribution in [3.63, 3.8) is 0 Å². The van der Waals surface area contributed by atoms with Crippen LogP contribution in [0.3, 0.4) is 0 Å². The minimum Gasteiger partial charge on any atom is -0.455 e. The van der Waals surface area contributed by atoms with E-state index in [0.717, 1.165) is 11.2 Å². The Bertz CT molecular complexity index is 1620. The van der Waals surface area contributed by atoms with Crippen LogP contribution < -0.4 is 20.7 Å². The summed E-state index contributed by atoms with van der Waals surface area (Å²) in [5.41, 5.74) is 5.81. The van der Waals surface area contributed by atoms with Crippen molar-refractivity contribution in [2.75, 3.05) is 0 Å². The molecule has 33 heavy (non-hydrogen) atoms. The third kappa shape index (κ3) is 2.41. The van der Waals surface area contributed by atoms with Crippen LogP contribution in [-0.2, 0) is 0 Å². The molecule has 0 atom stereocenters. The largest absolute Gasteiger partial charge is 0.455 e. The standard InChI is InChI=1S/C31H22OSi/c1-21-16-18-27-26(20-21)24-17-19-29-30(31(24)32-27)25-14-8-9-15-28(25)33(29,22-10-4-2-5-11-22)23-12-6-3-7-13-23/h2-20H,1H3. The molecule has 5 aromatic carbocycles. The first kappa shape index (κ1) is 18.7. The Labute approximate surface area is 194 Å². The molecule has 1 aliphatic rings. The summed E-state index contributed by atoms with van der Waals surface area (Å²) in [6.45, 7) is 2.14. The summed E-state index contributed by atoms with van der Waals surface area (Å²) in [4.78, 5) is 0. The van der Waals surface area contributed by atoms with Gasteiger partial charge < -0.3 is 4.42 Å². The molecule has 1 aliphatic heterocycles. The molecule has 0 radical (unpaired) electrons. The van der Waals surface area contributed by atoms with E-state index in [1.54, 1.807) is 0 Å². The van der Waals surface area contributed by atoms with Gasteiger partial charge in [-0.25, -0.2) is 0 Å². The molecule has 2 heteroatoms. The van der Waals surface area contributed by atoms with Gasteiger partial charge in [0.1, 0.15) is 11.2 Å². The highest BCUT2D eigenvalue weighted by molar-refractivity contribution is 7.22. The lowest BCUT2D eigenvalue weighted by molar-refractivity contribution is 0.670. The first-order valence-electron chi connectivity index (χ1n) is 11.5. The van der Waals surface area contributed by atoms with Gasteiger partial charge in [0.2, 0.25) is 0 Å². The van der Waals surface area contributed by atoms with Crippen molar-refractivity contribution in [1.29, 1.82) is 0 Å². The Morgan fingerprint density at radius 2 is 1.24 bits per heavy atom. The van der Waals surface area contributed by atoms with Crippen LogP contribution in [0.15, 0.2) is 120 Å². The molecule has 0 aliphatic carbocycles. The quantitative estimate of drug-likeness (QED) is 0.336. The van der Waals surface area contributed by atoms with E-state index >= 15 is 0 Å². The summed E-state index contributed by atoms with van der Waals surface area (Å²) < 4.78 is 6.59. The van der Waals surface area contributed by atoms with Gasteiger partial charge in [0.25, 0.3) is 0 Å². The molecule has 0 saturated heterocycles. The SMILES string of the molecule is Cc1ccc2oc3c4c(ccc3c2c1)[Si](c1ccccc1)(c1ccccc1)c1ccccc1-4. The summed E-state index contributed by atoms with van der Waals surface area (Å²) in [6.07, 6.45) is 0. The molecule has 1 nitrogen and oxygen atoms in total. The zero-order valence-corrected chi connectivity index (χ0v) is 19.4. The Morgan fingerprint density at radius 3 is 1.97 bits per heavy atom. The lowest BCUT2D eigenvalue weighted by Crippen LogP contribution is -2.72. The molecule has 0 unspecified atom stereocenters. The molecule has 6 aromatic rings. The van der Waals surface area contributed by atoms with Crippen LogP contribution in [0.2, 0.25) is 0 Å². The summed E-state index contributed by atoms with van der Waals surface area (Å²) in [5, 5.41) is 8.09. The van der Waals surface area contributed by atoms with Crippen molar-refractivity contribution in [3.8, 4) is 11.1 Å². The number of fused-ring (bicyclic) bond motifs is 7. The van der Waals surface area contributed by atoms with Crippen LogP contribution in [0.1, 0.15) is 5.56 Å². The average molecular weight is 439 g/mol. The molecule has 0 N–H and O–H groups in total. The molecule has 0 fully saturated rings. The summed E-state index contributed by atoms with van der Waals surface area (Å²) in [6, 6.07) is 42.4. The highest BCUT2D eigenvalue weighted by Crippen LogP contribution is 2.39. The van der Waals surface area contributed by atoms with Crippen molar-refractivity contribution in [2.24, 2.45) is 0 Å². The van der Waals surface area contributed by atoms with Gasteiger partial charge in [0.15, 0.2) is 8.07 Å². The van der Waals surface area contributed by atoms with Crippen LogP contribution in [0.5, 0.6) is 0 Å². The van der Waals surface area contributed by atoms with Gasteiger partial charge in [-0.15, -0.1) is 0 Å². The lowest BCUT2D eigenvalue weighted by atomic mass is 10.0. The minimum absolute atomic E-state index is 0.958. The maximum Gasteiger partial charge on any atom is 0.181 e. The molecule has 7 rings (SSSR count). The molecule has 1 aromatic heterocycles. The van der Waals surface area contributed by atoms with Crippen molar-refractivity contribution < 1.29 is 4.42 Å². The predicted octanol–water partition coefficient (Wildman–Crippen LogP) is 5.25. The third-order valence-corrected chi connectivity index (χ3v) is 12.1. The number of aryl methyl sites for hydroxylation is 1. The molecule has 0 bridgehead atoms. The van der Waals surface area contributed by atoms with Gasteiger partial charge in [0, 0.05) is 16.3 Å². The predicted molar refractivity (Wildman–Crippen MR) is 141 cm³/mol. The topological polar surface area (TPSA) is 13.1 Å². The maximum atomic E-state index is 6.59. The zero-order chi connectivity index (χ0) is 22.0. The van der Waals surface area contributed by atoms with E-state index in [4.69, 9.17) is 4.42 Å². The number of hydrogen-bond acceptors (Lipinski definition) is 1. The van der Waals surface area contributed by atoms with Crippen molar-refractivity contribution in [1.82, 2.24) is 0 Å². The first-order chi connectivity index (χ1) is 16.3. The fourth-order valence-corrected chi connectivity index (χ4v) is 11.0. The minimum atomic E-state index is -2.46. The van der Waals surface area contributed by atoms with Crippen molar-refractivity contribution in [3.05, 3.63) is 121 Å². The number of hydrogen-bond donors (Lipinski definition) is 0. The zero-order valence-electron chi connectivity index (χ0n) is 18.4. The fourth-order valence-electron chi connectivity index (χ4n) is 5.87. The van der Waals surface area contributed by atoms with Crippen LogP contribution in [0, 0.1) is 6.92 Å². The molecular weight excluding hydrogens is 416 g/mol. The van der Waals surface area contributed by atoms with Gasteiger partial charge in [-0.3, -0.25) is 0 Å². The van der Waals surface area contributed by atoms with Gasteiger partial charge in [-0.2, -0.15) is 0 Å². The van der Waals surface area contributed by atoms with E-state index in [9.17, 15) is 0 Å². The van der Waals surface area contributed by atoms with Crippen molar-refractivity contribution in [2.45, 2.75) is 6.92 Å². The highest BCUT2D eigenvalue weighted by atomic mass is 28.3. The lowest BCUT2D eigenvalue weighted by Gasteiger charge is -2.31. The fraction of sp³-hybridized carbons (Fsp3) is 0.0323. The molecular formula is C31H22OSi. The van der Waals surface area contributed by atoms with Gasteiger partial charge in [-0.05, 0) is 45.4 Å². The van der Waals surface area contributed by atoms with E-state index in [2.05, 4.69) is 122 Å². The van der Waals surface area contributed by atoms with Gasteiger partial charge in [0.05, 0.1) is 0 Å². The third-order valence-electron chi connectivity index (χ3n) is 7.21. The Balaban J connectivity index is 1.70. The Kier molecular flexibility index (Phi) is 3.85. The number of benzene rings is 5.